The number of carbonyl (C=O) groups is 1. The summed E-state index contributed by atoms with van der Waals surface area (Å²) >= 11 is 0. The van der Waals surface area contributed by atoms with Crippen molar-refractivity contribution in [2.75, 3.05) is 42.9 Å². The van der Waals surface area contributed by atoms with Crippen molar-refractivity contribution in [3.05, 3.63) is 83.9 Å². The number of piperazine rings is 1. The first-order valence-electron chi connectivity index (χ1n) is 12.7. The number of anilines is 2. The van der Waals surface area contributed by atoms with E-state index >= 15 is 0 Å². The number of amides is 1. The van der Waals surface area contributed by atoms with Gasteiger partial charge in [0.15, 0.2) is 5.58 Å². The van der Waals surface area contributed by atoms with Gasteiger partial charge in [-0.1, -0.05) is 6.58 Å². The molecule has 5 rings (SSSR count). The molecule has 1 aliphatic rings. The molecule has 1 saturated heterocycles. The molecule has 0 bridgehead atoms. The topological polar surface area (TPSA) is 85.4 Å². The zero-order valence-electron chi connectivity index (χ0n) is 21.8. The minimum atomic E-state index is -4.35. The second-order valence-electron chi connectivity index (χ2n) is 9.72. The van der Waals surface area contributed by atoms with Crippen molar-refractivity contribution < 1.29 is 22.4 Å². The molecule has 2 heterocycles. The highest BCUT2D eigenvalue weighted by molar-refractivity contribution is 5.93. The quantitative estimate of drug-likeness (QED) is 0.312. The lowest BCUT2D eigenvalue weighted by molar-refractivity contribution is -0.137. The Balaban J connectivity index is 1.17. The molecular weight excluding hydrogens is 519 g/mol. The van der Waals surface area contributed by atoms with Crippen LogP contribution in [0.5, 0.6) is 0 Å². The van der Waals surface area contributed by atoms with Crippen LogP contribution in [0, 0.1) is 11.3 Å². The molecule has 1 amide bonds. The summed E-state index contributed by atoms with van der Waals surface area (Å²) in [5.74, 6) is 0.240. The van der Waals surface area contributed by atoms with Crippen LogP contribution in [0.15, 0.2) is 71.7 Å². The molecule has 0 spiro atoms. The molecule has 7 nitrogen and oxygen atoms in total. The largest absolute Gasteiger partial charge is 0.435 e. The third kappa shape index (κ3) is 5.84. The van der Waals surface area contributed by atoms with E-state index in [4.69, 9.17) is 4.42 Å². The SMILES string of the molecule is C=C(C)c1cc(C#N)cc2nc(-c3ccc(NC(=O)CN4CCN(c5ccc(C(F)(F)F)cc5)CC4)cc3)oc12. The average Bonchev–Trinajstić information content (AvgIpc) is 3.37. The number of carbonyl (C=O) groups excluding carboxylic acids is 1. The Kier molecular flexibility index (Phi) is 7.32. The van der Waals surface area contributed by atoms with Gasteiger partial charge < -0.3 is 14.6 Å². The predicted molar refractivity (Wildman–Crippen MR) is 148 cm³/mol. The molecule has 0 saturated carbocycles. The molecule has 0 atom stereocenters. The van der Waals surface area contributed by atoms with Crippen LogP contribution in [-0.2, 0) is 11.0 Å². The van der Waals surface area contributed by atoms with Crippen LogP contribution >= 0.6 is 0 Å². The maximum Gasteiger partial charge on any atom is 0.416 e. The summed E-state index contributed by atoms with van der Waals surface area (Å²) in [6.45, 7) is 8.47. The molecule has 0 radical (unpaired) electrons. The monoisotopic (exact) mass is 545 g/mol. The summed E-state index contributed by atoms with van der Waals surface area (Å²) in [5.41, 5.74) is 4.53. The molecular formula is C30H26F3N5O2. The van der Waals surface area contributed by atoms with Crippen molar-refractivity contribution in [1.29, 1.82) is 5.26 Å². The van der Waals surface area contributed by atoms with E-state index in [-0.39, 0.29) is 12.5 Å². The number of nitriles is 1. The lowest BCUT2D eigenvalue weighted by Gasteiger charge is -2.35. The highest BCUT2D eigenvalue weighted by atomic mass is 19.4. The Hall–Kier alpha value is -4.62. The number of benzene rings is 3. The number of nitrogens with one attached hydrogen (secondary N) is 1. The van der Waals surface area contributed by atoms with E-state index in [2.05, 4.69) is 22.9 Å². The molecule has 1 fully saturated rings. The number of hydrogen-bond acceptors (Lipinski definition) is 6. The minimum Gasteiger partial charge on any atom is -0.435 e. The summed E-state index contributed by atoms with van der Waals surface area (Å²) in [4.78, 5) is 21.2. The van der Waals surface area contributed by atoms with Gasteiger partial charge in [0.25, 0.3) is 0 Å². The van der Waals surface area contributed by atoms with Crippen molar-refractivity contribution in [3.8, 4) is 17.5 Å². The van der Waals surface area contributed by atoms with Gasteiger partial charge in [-0.2, -0.15) is 18.4 Å². The normalized spacial score (nSPS) is 14.2. The summed E-state index contributed by atoms with van der Waals surface area (Å²) in [6.07, 6.45) is -4.35. The van der Waals surface area contributed by atoms with E-state index < -0.39 is 11.7 Å². The van der Waals surface area contributed by atoms with Crippen molar-refractivity contribution in [1.82, 2.24) is 9.88 Å². The molecule has 3 aromatic carbocycles. The molecule has 1 N–H and O–H groups in total. The zero-order valence-corrected chi connectivity index (χ0v) is 21.8. The molecule has 1 aromatic heterocycles. The number of rotatable bonds is 6. The van der Waals surface area contributed by atoms with Gasteiger partial charge >= 0.3 is 6.18 Å². The zero-order chi connectivity index (χ0) is 28.4. The first-order valence-corrected chi connectivity index (χ1v) is 12.7. The Morgan fingerprint density at radius 1 is 1.07 bits per heavy atom. The van der Waals surface area contributed by atoms with Gasteiger partial charge in [0, 0.05) is 48.7 Å². The van der Waals surface area contributed by atoms with Gasteiger partial charge in [-0.05, 0) is 73.2 Å². The van der Waals surface area contributed by atoms with Crippen LogP contribution in [0.25, 0.3) is 28.1 Å². The summed E-state index contributed by atoms with van der Waals surface area (Å²) in [5, 5.41) is 12.2. The molecule has 1 aliphatic heterocycles. The number of allylic oxidation sites excluding steroid dienone is 1. The number of fused-ring (bicyclic) bond motifs is 1. The van der Waals surface area contributed by atoms with Crippen LogP contribution in [-0.4, -0.2) is 48.5 Å². The first-order chi connectivity index (χ1) is 19.1. The van der Waals surface area contributed by atoms with Crippen molar-refractivity contribution in [2.45, 2.75) is 13.1 Å². The minimum absolute atomic E-state index is 0.160. The van der Waals surface area contributed by atoms with E-state index in [0.29, 0.717) is 54.4 Å². The lowest BCUT2D eigenvalue weighted by atomic mass is 10.0. The standard InChI is InChI=1S/C30H26F3N5O2/c1-19(2)25-15-20(17-34)16-26-28(25)40-29(36-26)21-3-7-23(8-4-21)35-27(39)18-37-11-13-38(14-12-37)24-9-5-22(6-10-24)30(31,32)33/h3-10,15-16H,1,11-14,18H2,2H3,(H,35,39). The Morgan fingerprint density at radius 3 is 2.35 bits per heavy atom. The van der Waals surface area contributed by atoms with Gasteiger partial charge in [-0.15, -0.1) is 0 Å². The van der Waals surface area contributed by atoms with Gasteiger partial charge in [-0.25, -0.2) is 4.98 Å². The van der Waals surface area contributed by atoms with Crippen molar-refractivity contribution >= 4 is 34.0 Å². The van der Waals surface area contributed by atoms with Crippen molar-refractivity contribution in [2.24, 2.45) is 0 Å². The molecule has 10 heteroatoms. The second-order valence-corrected chi connectivity index (χ2v) is 9.72. The van der Waals surface area contributed by atoms with Gasteiger partial charge in [-0.3, -0.25) is 9.69 Å². The van der Waals surface area contributed by atoms with E-state index in [1.165, 1.54) is 12.1 Å². The molecule has 4 aromatic rings. The summed E-state index contributed by atoms with van der Waals surface area (Å²) < 4.78 is 44.4. The summed E-state index contributed by atoms with van der Waals surface area (Å²) in [6, 6.07) is 17.8. The average molecular weight is 546 g/mol. The number of hydrogen-bond donors (Lipinski definition) is 1. The van der Waals surface area contributed by atoms with Gasteiger partial charge in [0.1, 0.15) is 5.52 Å². The van der Waals surface area contributed by atoms with Crippen LogP contribution in [0.2, 0.25) is 0 Å². The number of alkyl halides is 3. The predicted octanol–water partition coefficient (Wildman–Crippen LogP) is 6.18. The fourth-order valence-electron chi connectivity index (χ4n) is 4.66. The summed E-state index contributed by atoms with van der Waals surface area (Å²) in [7, 11) is 0. The molecule has 204 valence electrons. The highest BCUT2D eigenvalue weighted by Crippen LogP contribution is 2.32. The Labute approximate surface area is 229 Å². The number of nitrogens with zero attached hydrogens (tertiary/aromatic N) is 4. The molecule has 0 unspecified atom stereocenters. The number of halogens is 3. The lowest BCUT2D eigenvalue weighted by Crippen LogP contribution is -2.48. The van der Waals surface area contributed by atoms with Crippen LogP contribution < -0.4 is 10.2 Å². The smallest absolute Gasteiger partial charge is 0.416 e. The van der Waals surface area contributed by atoms with E-state index in [1.54, 1.807) is 36.4 Å². The third-order valence-electron chi connectivity index (χ3n) is 6.79. The maximum atomic E-state index is 12.8. The van der Waals surface area contributed by atoms with Gasteiger partial charge in [0.2, 0.25) is 11.8 Å². The van der Waals surface area contributed by atoms with E-state index in [1.807, 2.05) is 16.7 Å². The number of aromatic nitrogens is 1. The second kappa shape index (κ2) is 10.9. The third-order valence-corrected chi connectivity index (χ3v) is 6.79. The Morgan fingerprint density at radius 2 is 1.75 bits per heavy atom. The number of oxazole rings is 1. The molecule has 40 heavy (non-hydrogen) atoms. The Bertz CT molecular complexity index is 1590. The van der Waals surface area contributed by atoms with Crippen LogP contribution in [0.4, 0.5) is 24.5 Å². The maximum absolute atomic E-state index is 12.8. The van der Waals surface area contributed by atoms with E-state index in [9.17, 15) is 23.2 Å². The highest BCUT2D eigenvalue weighted by Gasteiger charge is 2.30. The first kappa shape index (κ1) is 27.0. The van der Waals surface area contributed by atoms with Gasteiger partial charge in [0.05, 0.1) is 23.7 Å². The fourth-order valence-corrected chi connectivity index (χ4v) is 4.66. The van der Waals surface area contributed by atoms with E-state index in [0.717, 1.165) is 34.5 Å². The fraction of sp³-hybridized carbons (Fsp3) is 0.233. The van der Waals surface area contributed by atoms with Crippen LogP contribution in [0.3, 0.4) is 0 Å². The molecule has 0 aliphatic carbocycles. The van der Waals surface area contributed by atoms with Crippen LogP contribution in [0.1, 0.15) is 23.6 Å². The van der Waals surface area contributed by atoms with Crippen molar-refractivity contribution in [3.63, 3.8) is 0 Å².